The second-order valence-electron chi connectivity index (χ2n) is 1.64. The smallest absolute Gasteiger partial charge is 0.330 e. The number of hydrogen-bond acceptors (Lipinski definition) is 2. The lowest BCUT2D eigenvalue weighted by atomic mass is 10.4. The largest absolute Gasteiger partial charge is 0.460 e. The minimum absolute atomic E-state index is 0.0785. The van der Waals surface area contributed by atoms with E-state index in [2.05, 4.69) is 11.3 Å². The molecule has 3 heteroatoms. The Bertz CT molecular complexity index is 107. The van der Waals surface area contributed by atoms with Crippen LogP contribution >= 0.6 is 0 Å². The Balaban J connectivity index is 3.27. The predicted octanol–water partition coefficient (Wildman–Crippen LogP) is 0.535. The molecule has 0 aliphatic carbocycles. The molecule has 0 amide bonds. The van der Waals surface area contributed by atoms with Gasteiger partial charge in [0.2, 0.25) is 0 Å². The van der Waals surface area contributed by atoms with Crippen LogP contribution in [0.5, 0.6) is 0 Å². The van der Waals surface area contributed by atoms with Gasteiger partial charge in [-0.15, -0.1) is 0 Å². The first-order valence-corrected chi connectivity index (χ1v) is 2.62. The molecule has 0 aromatic heterocycles. The van der Waals surface area contributed by atoms with Crippen LogP contribution < -0.4 is 0 Å². The minimum atomic E-state index is -0.853. The molecule has 3 nitrogen and oxygen atoms in total. The van der Waals surface area contributed by atoms with Crippen molar-refractivity contribution in [2.24, 2.45) is 0 Å². The average Bonchev–Trinajstić information content (AvgIpc) is 1.83. The fourth-order valence-electron chi connectivity index (χ4n) is 0.258. The van der Waals surface area contributed by atoms with Gasteiger partial charge in [-0.2, -0.15) is 0 Å². The zero-order chi connectivity index (χ0) is 7.28. The Hall–Kier alpha value is -0.830. The summed E-state index contributed by atoms with van der Waals surface area (Å²) in [6.07, 6.45) is 0.177. The zero-order valence-corrected chi connectivity index (χ0v) is 5.29. The third kappa shape index (κ3) is 5.03. The molecular weight excluding hydrogens is 120 g/mol. The molecule has 0 N–H and O–H groups in total. The highest BCUT2D eigenvalue weighted by atomic mass is 16.5. The summed E-state index contributed by atoms with van der Waals surface area (Å²) in [7, 11) is 0. The molecule has 0 aliphatic heterocycles. The summed E-state index contributed by atoms with van der Waals surface area (Å²) in [5, 5.41) is 10.2. The maximum absolute atomic E-state index is 10.2. The molecule has 1 atom stereocenters. The van der Waals surface area contributed by atoms with Crippen molar-refractivity contribution < 1.29 is 14.6 Å². The second-order valence-corrected chi connectivity index (χ2v) is 1.64. The quantitative estimate of drug-likeness (QED) is 0.412. The van der Waals surface area contributed by atoms with Gasteiger partial charge in [0.25, 0.3) is 0 Å². The summed E-state index contributed by atoms with van der Waals surface area (Å²) in [4.78, 5) is 10.2. The van der Waals surface area contributed by atoms with E-state index in [1.807, 2.05) is 0 Å². The standard InChI is InChI=1S/C6H9O3/c1-3-6(8)9-4-5(2)7/h3,5H,1,4H2,2H3. The molecule has 0 spiro atoms. The summed E-state index contributed by atoms with van der Waals surface area (Å²) in [6, 6.07) is 0. The van der Waals surface area contributed by atoms with Crippen molar-refractivity contribution in [3.05, 3.63) is 12.7 Å². The van der Waals surface area contributed by atoms with Gasteiger partial charge in [0, 0.05) is 6.08 Å². The van der Waals surface area contributed by atoms with Gasteiger partial charge in [0.15, 0.2) is 0 Å². The Labute approximate surface area is 53.9 Å². The van der Waals surface area contributed by atoms with E-state index in [0.29, 0.717) is 0 Å². The molecule has 0 fully saturated rings. The third-order valence-corrected chi connectivity index (χ3v) is 0.627. The number of esters is 1. The number of hydrogen-bond donors (Lipinski definition) is 0. The van der Waals surface area contributed by atoms with Gasteiger partial charge >= 0.3 is 5.97 Å². The molecule has 51 valence electrons. The molecule has 1 unspecified atom stereocenters. The third-order valence-electron chi connectivity index (χ3n) is 0.627. The number of carbonyl (C=O) groups excluding carboxylic acids is 1. The molecule has 0 aromatic carbocycles. The van der Waals surface area contributed by atoms with Crippen LogP contribution in [-0.4, -0.2) is 18.7 Å². The molecule has 0 bridgehead atoms. The van der Waals surface area contributed by atoms with E-state index >= 15 is 0 Å². The summed E-state index contributed by atoms with van der Waals surface area (Å²) < 4.78 is 4.38. The maximum atomic E-state index is 10.2. The lowest BCUT2D eigenvalue weighted by Gasteiger charge is -2.00. The molecule has 9 heavy (non-hydrogen) atoms. The van der Waals surface area contributed by atoms with Crippen molar-refractivity contribution >= 4 is 5.97 Å². The fourth-order valence-corrected chi connectivity index (χ4v) is 0.258. The van der Waals surface area contributed by atoms with Crippen LogP contribution in [0.25, 0.3) is 0 Å². The second kappa shape index (κ2) is 4.09. The highest BCUT2D eigenvalue weighted by molar-refractivity contribution is 5.81. The van der Waals surface area contributed by atoms with Crippen molar-refractivity contribution in [3.8, 4) is 0 Å². The van der Waals surface area contributed by atoms with Gasteiger partial charge in [-0.3, -0.25) is 0 Å². The normalized spacial score (nSPS) is 12.2. The van der Waals surface area contributed by atoms with E-state index in [0.717, 1.165) is 6.08 Å². The topological polar surface area (TPSA) is 46.2 Å². The summed E-state index contributed by atoms with van der Waals surface area (Å²) in [5.41, 5.74) is 0. The summed E-state index contributed by atoms with van der Waals surface area (Å²) >= 11 is 0. The first-order chi connectivity index (χ1) is 4.16. The Morgan fingerprint density at radius 1 is 1.89 bits per heavy atom. The first-order valence-electron chi connectivity index (χ1n) is 2.62. The van der Waals surface area contributed by atoms with Gasteiger partial charge in [0.05, 0.1) is 0 Å². The molecule has 0 aliphatic rings. The molecule has 0 rings (SSSR count). The maximum Gasteiger partial charge on any atom is 0.330 e. The van der Waals surface area contributed by atoms with Crippen LogP contribution in [0.15, 0.2) is 12.7 Å². The van der Waals surface area contributed by atoms with E-state index in [9.17, 15) is 9.90 Å². The number of ether oxygens (including phenoxy) is 1. The van der Waals surface area contributed by atoms with Crippen molar-refractivity contribution in [1.82, 2.24) is 0 Å². The van der Waals surface area contributed by atoms with Crippen LogP contribution in [0.4, 0.5) is 0 Å². The Kier molecular flexibility index (Phi) is 3.71. The van der Waals surface area contributed by atoms with Gasteiger partial charge in [-0.1, -0.05) is 6.58 Å². The van der Waals surface area contributed by atoms with Crippen LogP contribution in [0.2, 0.25) is 0 Å². The van der Waals surface area contributed by atoms with Crippen molar-refractivity contribution in [2.45, 2.75) is 13.0 Å². The van der Waals surface area contributed by atoms with E-state index in [-0.39, 0.29) is 6.61 Å². The van der Waals surface area contributed by atoms with E-state index < -0.39 is 12.1 Å². The van der Waals surface area contributed by atoms with Crippen molar-refractivity contribution in [1.29, 1.82) is 0 Å². The van der Waals surface area contributed by atoms with E-state index in [4.69, 9.17) is 0 Å². The Morgan fingerprint density at radius 3 is 2.78 bits per heavy atom. The van der Waals surface area contributed by atoms with Gasteiger partial charge in [-0.25, -0.2) is 9.90 Å². The van der Waals surface area contributed by atoms with Crippen LogP contribution in [0.3, 0.4) is 0 Å². The number of rotatable bonds is 3. The molecule has 1 radical (unpaired) electrons. The highest BCUT2D eigenvalue weighted by Gasteiger charge is 1.99. The summed E-state index contributed by atoms with van der Waals surface area (Å²) in [5.74, 6) is -0.544. The lowest BCUT2D eigenvalue weighted by molar-refractivity contribution is -0.141. The van der Waals surface area contributed by atoms with Crippen LogP contribution in [0, 0.1) is 0 Å². The summed E-state index contributed by atoms with van der Waals surface area (Å²) in [6.45, 7) is 4.51. The van der Waals surface area contributed by atoms with Crippen LogP contribution in [-0.2, 0) is 14.6 Å². The van der Waals surface area contributed by atoms with Crippen LogP contribution in [0.1, 0.15) is 6.92 Å². The molecular formula is C6H9O3. The predicted molar refractivity (Wildman–Crippen MR) is 31.3 cm³/mol. The average molecular weight is 129 g/mol. The fraction of sp³-hybridized carbons (Fsp3) is 0.500. The number of carbonyl (C=O) groups is 1. The molecule has 0 aromatic rings. The highest BCUT2D eigenvalue weighted by Crippen LogP contribution is 1.84. The lowest BCUT2D eigenvalue weighted by Crippen LogP contribution is -2.12. The van der Waals surface area contributed by atoms with Gasteiger partial charge in [-0.05, 0) is 6.92 Å². The molecule has 0 saturated carbocycles. The van der Waals surface area contributed by atoms with Gasteiger partial charge < -0.3 is 4.74 Å². The monoisotopic (exact) mass is 129 g/mol. The Morgan fingerprint density at radius 2 is 2.44 bits per heavy atom. The van der Waals surface area contributed by atoms with Crippen molar-refractivity contribution in [2.75, 3.05) is 6.61 Å². The minimum Gasteiger partial charge on any atom is -0.460 e. The van der Waals surface area contributed by atoms with Crippen molar-refractivity contribution in [3.63, 3.8) is 0 Å². The molecule has 0 heterocycles. The molecule has 0 saturated heterocycles. The van der Waals surface area contributed by atoms with Gasteiger partial charge in [0.1, 0.15) is 12.7 Å². The zero-order valence-electron chi connectivity index (χ0n) is 5.29. The SMILES string of the molecule is C=CC(=O)OCC(C)[O]. The van der Waals surface area contributed by atoms with E-state index in [1.165, 1.54) is 6.92 Å². The van der Waals surface area contributed by atoms with E-state index in [1.54, 1.807) is 0 Å². The first kappa shape index (κ1) is 8.17.